The average Bonchev–Trinajstić information content (AvgIpc) is 2.39. The summed E-state index contributed by atoms with van der Waals surface area (Å²) >= 11 is 5.97. The lowest BCUT2D eigenvalue weighted by molar-refractivity contribution is 0.776. The molecule has 0 saturated heterocycles. The summed E-state index contributed by atoms with van der Waals surface area (Å²) in [5.74, 6) is 1.55. The number of nitrogens with one attached hydrogen (secondary N) is 1. The van der Waals surface area contributed by atoms with Gasteiger partial charge in [0.15, 0.2) is 0 Å². The first-order valence-electron chi connectivity index (χ1n) is 5.90. The van der Waals surface area contributed by atoms with E-state index < -0.39 is 0 Å². The van der Waals surface area contributed by atoms with Crippen LogP contribution in [0.15, 0.2) is 30.3 Å². The Morgan fingerprint density at radius 1 is 1.21 bits per heavy atom. The lowest BCUT2D eigenvalue weighted by Crippen LogP contribution is -2.02. The van der Waals surface area contributed by atoms with Gasteiger partial charge >= 0.3 is 0 Å². The third-order valence-corrected chi connectivity index (χ3v) is 2.71. The fourth-order valence-corrected chi connectivity index (χ4v) is 1.72. The standard InChI is InChI=1S/C14H13ClN4/c1-9(2)14-18-12(15)7-13(19-14)17-11-5-3-10(8-16)4-6-11/h3-7,9H,1-2H3,(H,17,18,19). The zero-order chi connectivity index (χ0) is 13.8. The summed E-state index contributed by atoms with van der Waals surface area (Å²) in [6, 6.07) is 10.9. The predicted octanol–water partition coefficient (Wildman–Crippen LogP) is 3.87. The summed E-state index contributed by atoms with van der Waals surface area (Å²) in [5, 5.41) is 12.3. The Labute approximate surface area is 117 Å². The Morgan fingerprint density at radius 2 is 1.89 bits per heavy atom. The molecule has 0 spiro atoms. The summed E-state index contributed by atoms with van der Waals surface area (Å²) in [6.07, 6.45) is 0. The van der Waals surface area contributed by atoms with Gasteiger partial charge in [0.1, 0.15) is 16.8 Å². The maximum Gasteiger partial charge on any atom is 0.135 e. The third kappa shape index (κ3) is 3.43. The highest BCUT2D eigenvalue weighted by atomic mass is 35.5. The molecule has 0 saturated carbocycles. The second-order valence-electron chi connectivity index (χ2n) is 4.40. The van der Waals surface area contributed by atoms with Crippen LogP contribution in [0.25, 0.3) is 0 Å². The van der Waals surface area contributed by atoms with Gasteiger partial charge in [-0.2, -0.15) is 5.26 Å². The first-order chi connectivity index (χ1) is 9.08. The quantitative estimate of drug-likeness (QED) is 0.862. The minimum absolute atomic E-state index is 0.209. The second-order valence-corrected chi connectivity index (χ2v) is 4.79. The minimum Gasteiger partial charge on any atom is -0.340 e. The summed E-state index contributed by atoms with van der Waals surface area (Å²) < 4.78 is 0. The van der Waals surface area contributed by atoms with E-state index in [9.17, 15) is 0 Å². The van der Waals surface area contributed by atoms with E-state index >= 15 is 0 Å². The van der Waals surface area contributed by atoms with E-state index in [0.717, 1.165) is 5.69 Å². The predicted molar refractivity (Wildman–Crippen MR) is 75.6 cm³/mol. The van der Waals surface area contributed by atoms with Crippen LogP contribution < -0.4 is 5.32 Å². The Morgan fingerprint density at radius 3 is 2.47 bits per heavy atom. The van der Waals surface area contributed by atoms with Gasteiger partial charge in [-0.05, 0) is 24.3 Å². The Hall–Kier alpha value is -2.12. The number of benzene rings is 1. The molecule has 1 aromatic heterocycles. The molecule has 0 aliphatic rings. The van der Waals surface area contributed by atoms with Crippen molar-refractivity contribution in [2.75, 3.05) is 5.32 Å². The van der Waals surface area contributed by atoms with Crippen LogP contribution in [0.5, 0.6) is 0 Å². The van der Waals surface area contributed by atoms with Crippen molar-refractivity contribution in [2.24, 2.45) is 0 Å². The fraction of sp³-hybridized carbons (Fsp3) is 0.214. The molecule has 4 nitrogen and oxygen atoms in total. The first-order valence-corrected chi connectivity index (χ1v) is 6.28. The lowest BCUT2D eigenvalue weighted by atomic mass is 10.2. The summed E-state index contributed by atoms with van der Waals surface area (Å²) in [7, 11) is 0. The molecule has 0 bridgehead atoms. The number of hydrogen-bond acceptors (Lipinski definition) is 4. The first kappa shape index (κ1) is 13.3. The zero-order valence-electron chi connectivity index (χ0n) is 10.7. The fourth-order valence-electron chi connectivity index (χ4n) is 1.53. The topological polar surface area (TPSA) is 61.6 Å². The molecule has 0 atom stereocenters. The molecule has 1 aromatic carbocycles. The lowest BCUT2D eigenvalue weighted by Gasteiger charge is -2.09. The normalized spacial score (nSPS) is 10.3. The number of rotatable bonds is 3. The highest BCUT2D eigenvalue weighted by molar-refractivity contribution is 6.29. The maximum absolute atomic E-state index is 8.74. The van der Waals surface area contributed by atoms with Crippen LogP contribution in [-0.2, 0) is 0 Å². The molecular weight excluding hydrogens is 260 g/mol. The molecule has 0 amide bonds. The van der Waals surface area contributed by atoms with Gasteiger partial charge in [-0.15, -0.1) is 0 Å². The average molecular weight is 273 g/mol. The molecule has 5 heteroatoms. The summed E-state index contributed by atoms with van der Waals surface area (Å²) in [5.41, 5.74) is 1.47. The van der Waals surface area contributed by atoms with Crippen molar-refractivity contribution in [3.63, 3.8) is 0 Å². The number of aromatic nitrogens is 2. The molecular formula is C14H13ClN4. The largest absolute Gasteiger partial charge is 0.340 e. The van der Waals surface area contributed by atoms with Crippen molar-refractivity contribution in [1.29, 1.82) is 5.26 Å². The van der Waals surface area contributed by atoms with Crippen molar-refractivity contribution in [3.8, 4) is 6.07 Å². The van der Waals surface area contributed by atoms with Crippen LogP contribution in [0, 0.1) is 11.3 Å². The molecule has 96 valence electrons. The van der Waals surface area contributed by atoms with E-state index in [1.54, 1.807) is 18.2 Å². The summed E-state index contributed by atoms with van der Waals surface area (Å²) in [6.45, 7) is 4.02. The van der Waals surface area contributed by atoms with Crippen LogP contribution in [0.4, 0.5) is 11.5 Å². The molecule has 0 aliphatic heterocycles. The van der Waals surface area contributed by atoms with Crippen LogP contribution in [-0.4, -0.2) is 9.97 Å². The SMILES string of the molecule is CC(C)c1nc(Cl)cc(Nc2ccc(C#N)cc2)n1. The van der Waals surface area contributed by atoms with Gasteiger partial charge in [-0.3, -0.25) is 0 Å². The van der Waals surface area contributed by atoms with Gasteiger partial charge in [-0.1, -0.05) is 25.4 Å². The number of nitrogens with zero attached hydrogens (tertiary/aromatic N) is 3. The van der Waals surface area contributed by atoms with E-state index in [2.05, 4.69) is 21.4 Å². The molecule has 0 fully saturated rings. The van der Waals surface area contributed by atoms with Crippen molar-refractivity contribution >= 4 is 23.1 Å². The van der Waals surface area contributed by atoms with Gasteiger partial charge in [0, 0.05) is 17.7 Å². The molecule has 0 radical (unpaired) electrons. The van der Waals surface area contributed by atoms with Gasteiger partial charge < -0.3 is 5.32 Å². The molecule has 0 aliphatic carbocycles. The van der Waals surface area contributed by atoms with Gasteiger partial charge in [0.25, 0.3) is 0 Å². The van der Waals surface area contributed by atoms with Gasteiger partial charge in [0.2, 0.25) is 0 Å². The monoisotopic (exact) mass is 272 g/mol. The smallest absolute Gasteiger partial charge is 0.135 e. The molecule has 2 aromatic rings. The Kier molecular flexibility index (Phi) is 3.98. The van der Waals surface area contributed by atoms with E-state index in [1.807, 2.05) is 26.0 Å². The van der Waals surface area contributed by atoms with Crippen LogP contribution in [0.2, 0.25) is 5.15 Å². The number of anilines is 2. The molecule has 1 heterocycles. The van der Waals surface area contributed by atoms with Crippen LogP contribution >= 0.6 is 11.6 Å². The minimum atomic E-state index is 0.209. The van der Waals surface area contributed by atoms with E-state index in [4.69, 9.17) is 16.9 Å². The molecule has 0 unspecified atom stereocenters. The molecule has 1 N–H and O–H groups in total. The van der Waals surface area contributed by atoms with Crippen molar-refractivity contribution in [3.05, 3.63) is 46.9 Å². The summed E-state index contributed by atoms with van der Waals surface area (Å²) in [4.78, 5) is 8.57. The van der Waals surface area contributed by atoms with Crippen molar-refractivity contribution in [2.45, 2.75) is 19.8 Å². The Bertz CT molecular complexity index is 614. The zero-order valence-corrected chi connectivity index (χ0v) is 11.4. The third-order valence-electron chi connectivity index (χ3n) is 2.51. The van der Waals surface area contributed by atoms with Gasteiger partial charge in [0.05, 0.1) is 11.6 Å². The maximum atomic E-state index is 8.74. The highest BCUT2D eigenvalue weighted by Gasteiger charge is 2.07. The van der Waals surface area contributed by atoms with Gasteiger partial charge in [-0.25, -0.2) is 9.97 Å². The van der Waals surface area contributed by atoms with E-state index in [1.165, 1.54) is 0 Å². The Balaban J connectivity index is 2.25. The van der Waals surface area contributed by atoms with E-state index in [0.29, 0.717) is 22.4 Å². The number of nitriles is 1. The van der Waals surface area contributed by atoms with Crippen molar-refractivity contribution in [1.82, 2.24) is 9.97 Å². The molecule has 2 rings (SSSR count). The number of hydrogen-bond donors (Lipinski definition) is 1. The highest BCUT2D eigenvalue weighted by Crippen LogP contribution is 2.20. The molecule has 19 heavy (non-hydrogen) atoms. The van der Waals surface area contributed by atoms with Crippen LogP contribution in [0.3, 0.4) is 0 Å². The van der Waals surface area contributed by atoms with E-state index in [-0.39, 0.29) is 5.92 Å². The number of halogens is 1. The van der Waals surface area contributed by atoms with Crippen molar-refractivity contribution < 1.29 is 0 Å². The van der Waals surface area contributed by atoms with Crippen LogP contribution in [0.1, 0.15) is 31.2 Å². The second kappa shape index (κ2) is 5.68.